The SMILES string of the molecule is Oc1cccc(-c2ccccc2-c2cccc(Cl)c2Cl)c1. The molecule has 0 saturated carbocycles. The first-order valence-electron chi connectivity index (χ1n) is 6.49. The van der Waals surface area contributed by atoms with Crippen LogP contribution in [0.2, 0.25) is 10.0 Å². The molecule has 21 heavy (non-hydrogen) atoms. The van der Waals surface area contributed by atoms with E-state index < -0.39 is 0 Å². The van der Waals surface area contributed by atoms with E-state index in [0.29, 0.717) is 10.0 Å². The Hall–Kier alpha value is -1.96. The quantitative estimate of drug-likeness (QED) is 0.612. The maximum Gasteiger partial charge on any atom is 0.116 e. The van der Waals surface area contributed by atoms with Gasteiger partial charge in [0.05, 0.1) is 10.0 Å². The third-order valence-electron chi connectivity index (χ3n) is 3.33. The highest BCUT2D eigenvalue weighted by molar-refractivity contribution is 6.43. The lowest BCUT2D eigenvalue weighted by Gasteiger charge is -2.12. The molecule has 1 N–H and O–H groups in total. The van der Waals surface area contributed by atoms with Crippen molar-refractivity contribution in [1.82, 2.24) is 0 Å². The summed E-state index contributed by atoms with van der Waals surface area (Å²) in [6.07, 6.45) is 0. The monoisotopic (exact) mass is 314 g/mol. The van der Waals surface area contributed by atoms with Crippen LogP contribution in [0.25, 0.3) is 22.3 Å². The van der Waals surface area contributed by atoms with Crippen LogP contribution in [0.1, 0.15) is 0 Å². The second kappa shape index (κ2) is 5.80. The Kier molecular flexibility index (Phi) is 3.87. The van der Waals surface area contributed by atoms with Crippen molar-refractivity contribution in [3.8, 4) is 28.0 Å². The Balaban J connectivity index is 2.23. The van der Waals surface area contributed by atoms with E-state index in [2.05, 4.69) is 0 Å². The first-order valence-corrected chi connectivity index (χ1v) is 7.25. The van der Waals surface area contributed by atoms with Gasteiger partial charge in [-0.25, -0.2) is 0 Å². The summed E-state index contributed by atoms with van der Waals surface area (Å²) >= 11 is 12.5. The highest BCUT2D eigenvalue weighted by Gasteiger charge is 2.12. The lowest BCUT2D eigenvalue weighted by molar-refractivity contribution is 0.475. The molecule has 0 radical (unpaired) electrons. The zero-order valence-corrected chi connectivity index (χ0v) is 12.6. The van der Waals surface area contributed by atoms with Crippen LogP contribution in [0.15, 0.2) is 66.7 Å². The molecule has 0 aliphatic heterocycles. The van der Waals surface area contributed by atoms with E-state index in [4.69, 9.17) is 23.2 Å². The van der Waals surface area contributed by atoms with E-state index >= 15 is 0 Å². The van der Waals surface area contributed by atoms with E-state index in [1.54, 1.807) is 18.2 Å². The van der Waals surface area contributed by atoms with Gasteiger partial charge in [0, 0.05) is 5.56 Å². The largest absolute Gasteiger partial charge is 0.508 e. The van der Waals surface area contributed by atoms with Gasteiger partial charge < -0.3 is 5.11 Å². The molecular weight excluding hydrogens is 303 g/mol. The van der Waals surface area contributed by atoms with Crippen molar-refractivity contribution >= 4 is 23.2 Å². The molecule has 0 heterocycles. The van der Waals surface area contributed by atoms with E-state index in [1.165, 1.54) is 0 Å². The highest BCUT2D eigenvalue weighted by atomic mass is 35.5. The standard InChI is InChI=1S/C18H12Cl2O/c19-17-10-4-9-16(18(17)20)15-8-2-1-7-14(15)12-5-3-6-13(21)11-12/h1-11,21H. The third kappa shape index (κ3) is 2.76. The molecule has 0 bridgehead atoms. The predicted octanol–water partition coefficient (Wildman–Crippen LogP) is 6.03. The zero-order valence-electron chi connectivity index (χ0n) is 11.1. The van der Waals surface area contributed by atoms with Crippen LogP contribution in [0.5, 0.6) is 5.75 Å². The van der Waals surface area contributed by atoms with Gasteiger partial charge in [-0.15, -0.1) is 0 Å². The predicted molar refractivity (Wildman–Crippen MR) is 89.0 cm³/mol. The molecule has 0 saturated heterocycles. The zero-order chi connectivity index (χ0) is 14.8. The van der Waals surface area contributed by atoms with Crippen molar-refractivity contribution in [1.29, 1.82) is 0 Å². The summed E-state index contributed by atoms with van der Waals surface area (Å²) in [5.74, 6) is 0.236. The van der Waals surface area contributed by atoms with Crippen LogP contribution in [0.3, 0.4) is 0 Å². The van der Waals surface area contributed by atoms with Crippen molar-refractivity contribution in [3.63, 3.8) is 0 Å². The fourth-order valence-corrected chi connectivity index (χ4v) is 2.76. The summed E-state index contributed by atoms with van der Waals surface area (Å²) in [5, 5.41) is 10.7. The molecule has 0 aromatic heterocycles. The number of rotatable bonds is 2. The minimum absolute atomic E-state index is 0.236. The lowest BCUT2D eigenvalue weighted by atomic mass is 9.94. The van der Waals surface area contributed by atoms with Crippen LogP contribution in [0.4, 0.5) is 0 Å². The Labute approximate surface area is 133 Å². The molecule has 0 atom stereocenters. The molecule has 104 valence electrons. The van der Waals surface area contributed by atoms with Crippen LogP contribution < -0.4 is 0 Å². The Morgan fingerprint density at radius 1 is 0.667 bits per heavy atom. The topological polar surface area (TPSA) is 20.2 Å². The van der Waals surface area contributed by atoms with Gasteiger partial charge in [0.1, 0.15) is 5.75 Å². The molecule has 0 amide bonds. The first-order chi connectivity index (χ1) is 10.2. The van der Waals surface area contributed by atoms with Crippen molar-refractivity contribution in [2.45, 2.75) is 0 Å². The Morgan fingerprint density at radius 2 is 1.33 bits per heavy atom. The van der Waals surface area contributed by atoms with Gasteiger partial charge in [-0.3, -0.25) is 0 Å². The summed E-state index contributed by atoms with van der Waals surface area (Å²) < 4.78 is 0. The highest BCUT2D eigenvalue weighted by Crippen LogP contribution is 2.39. The second-order valence-electron chi connectivity index (χ2n) is 4.70. The average Bonchev–Trinajstić information content (AvgIpc) is 2.50. The van der Waals surface area contributed by atoms with Gasteiger partial charge in [-0.05, 0) is 34.9 Å². The van der Waals surface area contributed by atoms with Crippen molar-refractivity contribution in [3.05, 3.63) is 76.8 Å². The van der Waals surface area contributed by atoms with Crippen LogP contribution in [0, 0.1) is 0 Å². The van der Waals surface area contributed by atoms with Crippen molar-refractivity contribution in [2.75, 3.05) is 0 Å². The smallest absolute Gasteiger partial charge is 0.116 e. The van der Waals surface area contributed by atoms with Gasteiger partial charge in [0.25, 0.3) is 0 Å². The maximum absolute atomic E-state index is 9.69. The number of hydrogen-bond acceptors (Lipinski definition) is 1. The van der Waals surface area contributed by atoms with Gasteiger partial charge in [-0.1, -0.05) is 71.7 Å². The summed E-state index contributed by atoms with van der Waals surface area (Å²) in [5.41, 5.74) is 3.79. The molecule has 0 spiro atoms. The van der Waals surface area contributed by atoms with Gasteiger partial charge in [0.2, 0.25) is 0 Å². The second-order valence-corrected chi connectivity index (χ2v) is 5.48. The van der Waals surface area contributed by atoms with Crippen molar-refractivity contribution < 1.29 is 5.11 Å². The first kappa shape index (κ1) is 14.0. The molecule has 0 fully saturated rings. The normalized spacial score (nSPS) is 10.6. The summed E-state index contributed by atoms with van der Waals surface area (Å²) in [7, 11) is 0. The molecule has 1 nitrogen and oxygen atoms in total. The molecular formula is C18H12Cl2O. The number of benzene rings is 3. The fourth-order valence-electron chi connectivity index (χ4n) is 2.35. The average molecular weight is 315 g/mol. The van der Waals surface area contributed by atoms with E-state index in [1.807, 2.05) is 48.5 Å². The van der Waals surface area contributed by atoms with Crippen LogP contribution in [-0.2, 0) is 0 Å². The third-order valence-corrected chi connectivity index (χ3v) is 4.14. The number of phenols is 1. The molecule has 3 aromatic carbocycles. The van der Waals surface area contributed by atoms with E-state index in [-0.39, 0.29) is 5.75 Å². The fraction of sp³-hybridized carbons (Fsp3) is 0. The summed E-state index contributed by atoms with van der Waals surface area (Å²) in [4.78, 5) is 0. The van der Waals surface area contributed by atoms with E-state index in [0.717, 1.165) is 22.3 Å². The maximum atomic E-state index is 9.69. The number of hydrogen-bond donors (Lipinski definition) is 1. The minimum Gasteiger partial charge on any atom is -0.508 e. The van der Waals surface area contributed by atoms with Gasteiger partial charge >= 0.3 is 0 Å². The lowest BCUT2D eigenvalue weighted by Crippen LogP contribution is -1.86. The van der Waals surface area contributed by atoms with Gasteiger partial charge in [0.15, 0.2) is 0 Å². The van der Waals surface area contributed by atoms with E-state index in [9.17, 15) is 5.11 Å². The number of phenolic OH excluding ortho intramolecular Hbond substituents is 1. The molecule has 0 aliphatic rings. The van der Waals surface area contributed by atoms with Crippen LogP contribution >= 0.6 is 23.2 Å². The molecule has 3 heteroatoms. The Morgan fingerprint density at radius 3 is 2.10 bits per heavy atom. The summed E-state index contributed by atoms with van der Waals surface area (Å²) in [6, 6.07) is 20.7. The van der Waals surface area contributed by atoms with Crippen molar-refractivity contribution in [2.24, 2.45) is 0 Å². The minimum atomic E-state index is 0.236. The van der Waals surface area contributed by atoms with Crippen LogP contribution in [-0.4, -0.2) is 5.11 Å². The molecule has 0 aliphatic carbocycles. The van der Waals surface area contributed by atoms with Gasteiger partial charge in [-0.2, -0.15) is 0 Å². The number of aromatic hydroxyl groups is 1. The number of halogens is 2. The molecule has 0 unspecified atom stereocenters. The molecule has 3 rings (SSSR count). The molecule has 3 aromatic rings. The Bertz CT molecular complexity index is 797. The summed E-state index contributed by atoms with van der Waals surface area (Å²) in [6.45, 7) is 0.